The van der Waals surface area contributed by atoms with Crippen molar-refractivity contribution in [2.75, 3.05) is 13.1 Å². The Bertz CT molecular complexity index is 864. The van der Waals surface area contributed by atoms with Crippen LogP contribution >= 0.6 is 11.6 Å². The van der Waals surface area contributed by atoms with E-state index in [4.69, 9.17) is 16.3 Å². The zero-order valence-corrected chi connectivity index (χ0v) is 16.7. The average Bonchev–Trinajstić information content (AvgIpc) is 2.60. The quantitative estimate of drug-likeness (QED) is 0.655. The van der Waals surface area contributed by atoms with Gasteiger partial charge in [-0.3, -0.25) is 9.59 Å². The number of hydrogen-bond donors (Lipinski definition) is 0. The second-order valence-electron chi connectivity index (χ2n) is 6.51. The zero-order chi connectivity index (χ0) is 21.3. The lowest BCUT2D eigenvalue weighted by Gasteiger charge is -2.30. The van der Waals surface area contributed by atoms with Crippen molar-refractivity contribution in [2.24, 2.45) is 5.92 Å². The maximum atomic E-state index is 13.0. The first-order chi connectivity index (χ1) is 12.8. The molecule has 2 rings (SSSR count). The molecule has 1 atom stereocenters. The van der Waals surface area contributed by atoms with Crippen LogP contribution in [0.4, 0.5) is 13.2 Å². The first kappa shape index (κ1) is 22.6. The van der Waals surface area contributed by atoms with Gasteiger partial charge >= 0.3 is 12.1 Å². The Balaban J connectivity index is 2.11. The second kappa shape index (κ2) is 8.38. The van der Waals surface area contributed by atoms with Gasteiger partial charge in [0.1, 0.15) is 0 Å². The first-order valence-corrected chi connectivity index (χ1v) is 10.2. The number of hydrogen-bond acceptors (Lipinski definition) is 5. The van der Waals surface area contributed by atoms with E-state index >= 15 is 0 Å². The third kappa shape index (κ3) is 5.03. The van der Waals surface area contributed by atoms with Crippen LogP contribution in [0, 0.1) is 5.92 Å². The Morgan fingerprint density at radius 2 is 1.82 bits per heavy atom. The van der Waals surface area contributed by atoms with Crippen molar-refractivity contribution >= 4 is 33.4 Å². The third-order valence-electron chi connectivity index (χ3n) is 4.53. The molecular weight excluding hydrogens is 423 g/mol. The van der Waals surface area contributed by atoms with Gasteiger partial charge < -0.3 is 4.74 Å². The molecule has 28 heavy (non-hydrogen) atoms. The molecule has 1 heterocycles. The summed E-state index contributed by atoms with van der Waals surface area (Å²) in [7, 11) is -4.18. The molecule has 1 saturated heterocycles. The van der Waals surface area contributed by atoms with Gasteiger partial charge in [0, 0.05) is 13.1 Å². The molecule has 1 aliphatic heterocycles. The number of sulfonamides is 1. The molecule has 6 nitrogen and oxygen atoms in total. The first-order valence-electron chi connectivity index (χ1n) is 8.42. The highest BCUT2D eigenvalue weighted by molar-refractivity contribution is 7.89. The molecular formula is C17H19ClF3NO5S. The number of carbonyl (C=O) groups excluding carboxylic acids is 2. The zero-order valence-electron chi connectivity index (χ0n) is 15.1. The molecule has 1 fully saturated rings. The topological polar surface area (TPSA) is 80.8 Å². The second-order valence-corrected chi connectivity index (χ2v) is 8.85. The van der Waals surface area contributed by atoms with Crippen LogP contribution in [0.1, 0.15) is 32.3 Å². The van der Waals surface area contributed by atoms with Crippen LogP contribution in [0.3, 0.4) is 0 Å². The molecule has 0 bridgehead atoms. The Morgan fingerprint density at radius 3 is 2.32 bits per heavy atom. The molecule has 1 aromatic rings. The SMILES string of the molecule is CC(=O)C(C)OC(=O)C1CCN(S(=O)(=O)c2ccc(Cl)c(C(F)(F)F)c2)CC1. The van der Waals surface area contributed by atoms with Crippen LogP contribution in [-0.2, 0) is 30.5 Å². The lowest BCUT2D eigenvalue weighted by molar-refractivity contribution is -0.158. The summed E-state index contributed by atoms with van der Waals surface area (Å²) in [6, 6.07) is 2.42. The van der Waals surface area contributed by atoms with Gasteiger partial charge in [-0.15, -0.1) is 0 Å². The third-order valence-corrected chi connectivity index (χ3v) is 6.76. The van der Waals surface area contributed by atoms with Crippen molar-refractivity contribution in [2.45, 2.75) is 43.9 Å². The standard InChI is InChI=1S/C17H19ClF3NO5S/c1-10(23)11(2)27-16(24)12-5-7-22(8-6-12)28(25,26)13-3-4-15(18)14(9-13)17(19,20)21/h3-4,9,11-12H,5-8H2,1-2H3. The number of rotatable bonds is 5. The Kier molecular flexibility index (Phi) is 6.78. The van der Waals surface area contributed by atoms with E-state index in [0.717, 1.165) is 16.4 Å². The Morgan fingerprint density at radius 1 is 1.25 bits per heavy atom. The average molecular weight is 442 g/mol. The highest BCUT2D eigenvalue weighted by Gasteiger charge is 2.37. The fraction of sp³-hybridized carbons (Fsp3) is 0.529. The van der Waals surface area contributed by atoms with E-state index < -0.39 is 49.7 Å². The van der Waals surface area contributed by atoms with Crippen LogP contribution in [0.15, 0.2) is 23.1 Å². The van der Waals surface area contributed by atoms with Crippen LogP contribution in [0.25, 0.3) is 0 Å². The molecule has 0 amide bonds. The summed E-state index contributed by atoms with van der Waals surface area (Å²) in [5, 5.41) is -0.590. The molecule has 0 aliphatic carbocycles. The fourth-order valence-electron chi connectivity index (χ4n) is 2.72. The van der Waals surface area contributed by atoms with Gasteiger partial charge in [-0.2, -0.15) is 17.5 Å². The van der Waals surface area contributed by atoms with E-state index in [1.807, 2.05) is 0 Å². The van der Waals surface area contributed by atoms with Gasteiger partial charge in [-0.05, 0) is 44.9 Å². The monoisotopic (exact) mass is 441 g/mol. The highest BCUT2D eigenvalue weighted by atomic mass is 35.5. The van der Waals surface area contributed by atoms with E-state index in [1.54, 1.807) is 0 Å². The number of esters is 1. The minimum Gasteiger partial charge on any atom is -0.454 e. The fourth-order valence-corrected chi connectivity index (χ4v) is 4.44. The maximum absolute atomic E-state index is 13.0. The molecule has 0 N–H and O–H groups in total. The van der Waals surface area contributed by atoms with Crippen molar-refractivity contribution in [3.63, 3.8) is 0 Å². The lowest BCUT2D eigenvalue weighted by atomic mass is 9.98. The van der Waals surface area contributed by atoms with Gasteiger partial charge in [0.15, 0.2) is 11.9 Å². The van der Waals surface area contributed by atoms with Gasteiger partial charge in [0.2, 0.25) is 10.0 Å². The number of alkyl halides is 3. The number of ether oxygens (including phenoxy) is 1. The van der Waals surface area contributed by atoms with Gasteiger partial charge in [0.25, 0.3) is 0 Å². The number of nitrogens with zero attached hydrogens (tertiary/aromatic N) is 1. The van der Waals surface area contributed by atoms with Gasteiger partial charge in [-0.25, -0.2) is 8.42 Å². The normalized spacial score (nSPS) is 17.9. The smallest absolute Gasteiger partial charge is 0.417 e. The van der Waals surface area contributed by atoms with E-state index in [9.17, 15) is 31.2 Å². The summed E-state index contributed by atoms with van der Waals surface area (Å²) in [6.07, 6.45) is -5.39. The van der Waals surface area contributed by atoms with Crippen molar-refractivity contribution < 1.29 is 35.9 Å². The molecule has 0 spiro atoms. The number of benzene rings is 1. The van der Waals surface area contributed by atoms with Crippen LogP contribution in [-0.4, -0.2) is 43.7 Å². The predicted octanol–water partition coefficient (Wildman–Crippen LogP) is 3.28. The van der Waals surface area contributed by atoms with E-state index in [2.05, 4.69) is 0 Å². The summed E-state index contributed by atoms with van der Waals surface area (Å²) in [5.74, 6) is -1.48. The van der Waals surface area contributed by atoms with E-state index in [-0.39, 0.29) is 31.7 Å². The molecule has 0 radical (unpaired) electrons. The Hall–Kier alpha value is -1.65. The molecule has 0 aromatic heterocycles. The molecule has 1 aromatic carbocycles. The number of ketones is 1. The number of Topliss-reactive ketones (excluding diaryl/α,β-unsaturated/α-hetero) is 1. The van der Waals surface area contributed by atoms with Crippen LogP contribution in [0.2, 0.25) is 5.02 Å². The van der Waals surface area contributed by atoms with E-state index in [0.29, 0.717) is 6.07 Å². The van der Waals surface area contributed by atoms with Gasteiger partial charge in [-0.1, -0.05) is 11.6 Å². The summed E-state index contributed by atoms with van der Waals surface area (Å²) < 4.78 is 70.4. The van der Waals surface area contributed by atoms with Crippen LogP contribution in [0.5, 0.6) is 0 Å². The summed E-state index contributed by atoms with van der Waals surface area (Å²) in [6.45, 7) is 2.62. The van der Waals surface area contributed by atoms with Crippen molar-refractivity contribution in [1.29, 1.82) is 0 Å². The highest BCUT2D eigenvalue weighted by Crippen LogP contribution is 2.36. The van der Waals surface area contributed by atoms with Crippen LogP contribution < -0.4 is 0 Å². The van der Waals surface area contributed by atoms with Gasteiger partial charge in [0.05, 0.1) is 21.4 Å². The molecule has 1 aliphatic rings. The minimum atomic E-state index is -4.78. The van der Waals surface area contributed by atoms with Crippen molar-refractivity contribution in [3.8, 4) is 0 Å². The maximum Gasteiger partial charge on any atom is 0.417 e. The largest absolute Gasteiger partial charge is 0.454 e. The van der Waals surface area contributed by atoms with Crippen molar-refractivity contribution in [3.05, 3.63) is 28.8 Å². The predicted molar refractivity (Wildman–Crippen MR) is 94.2 cm³/mol. The van der Waals surface area contributed by atoms with Crippen molar-refractivity contribution in [1.82, 2.24) is 4.31 Å². The summed E-state index contributed by atoms with van der Waals surface area (Å²) in [5.41, 5.74) is -1.23. The number of piperidine rings is 1. The summed E-state index contributed by atoms with van der Waals surface area (Å²) >= 11 is 5.53. The minimum absolute atomic E-state index is 0.0550. The molecule has 156 valence electrons. The molecule has 1 unspecified atom stereocenters. The summed E-state index contributed by atoms with van der Waals surface area (Å²) in [4.78, 5) is 22.7. The lowest BCUT2D eigenvalue weighted by Crippen LogP contribution is -2.41. The Labute approximate surface area is 165 Å². The van der Waals surface area contributed by atoms with E-state index in [1.165, 1.54) is 13.8 Å². The molecule has 0 saturated carbocycles. The molecule has 11 heteroatoms. The number of carbonyl (C=O) groups is 2. The number of halogens is 4.